The van der Waals surface area contributed by atoms with Crippen LogP contribution in [0.5, 0.6) is 11.5 Å². The second-order valence-electron chi connectivity index (χ2n) is 7.45. The van der Waals surface area contributed by atoms with Gasteiger partial charge in [-0.1, -0.05) is 52.3 Å². The summed E-state index contributed by atoms with van der Waals surface area (Å²) in [6, 6.07) is 21.3. The van der Waals surface area contributed by atoms with Gasteiger partial charge in [0, 0.05) is 11.0 Å². The number of nitrogens with zero attached hydrogens (tertiary/aromatic N) is 1. The van der Waals surface area contributed by atoms with E-state index in [0.29, 0.717) is 23.5 Å². The molecule has 0 saturated heterocycles. The number of rotatable bonds is 11. The average Bonchev–Trinajstić information content (AvgIpc) is 2.85. The van der Waals surface area contributed by atoms with E-state index in [9.17, 15) is 13.2 Å². The van der Waals surface area contributed by atoms with Crippen molar-refractivity contribution in [2.24, 2.45) is 0 Å². The van der Waals surface area contributed by atoms with Crippen LogP contribution in [0.2, 0.25) is 0 Å². The molecular formula is C25H27BrN2O5S. The van der Waals surface area contributed by atoms with Crippen LogP contribution in [-0.2, 0) is 27.8 Å². The first-order valence-electron chi connectivity index (χ1n) is 10.6. The number of amides is 1. The van der Waals surface area contributed by atoms with Crippen molar-refractivity contribution in [1.29, 1.82) is 0 Å². The molecule has 1 amide bonds. The predicted octanol–water partition coefficient (Wildman–Crippen LogP) is 4.02. The maximum Gasteiger partial charge on any atom is 0.243 e. The minimum absolute atomic E-state index is 0.128. The van der Waals surface area contributed by atoms with Gasteiger partial charge in [0.05, 0.1) is 37.8 Å². The van der Waals surface area contributed by atoms with Crippen LogP contribution < -0.4 is 14.8 Å². The molecule has 0 aromatic heterocycles. The highest BCUT2D eigenvalue weighted by Crippen LogP contribution is 2.28. The molecule has 0 atom stereocenters. The van der Waals surface area contributed by atoms with Crippen LogP contribution in [0, 0.1) is 0 Å². The second kappa shape index (κ2) is 12.0. The van der Waals surface area contributed by atoms with Crippen molar-refractivity contribution in [3.63, 3.8) is 0 Å². The number of hydrogen-bond donors (Lipinski definition) is 1. The molecule has 0 aliphatic carbocycles. The predicted molar refractivity (Wildman–Crippen MR) is 134 cm³/mol. The van der Waals surface area contributed by atoms with Crippen LogP contribution in [-0.4, -0.2) is 45.9 Å². The smallest absolute Gasteiger partial charge is 0.243 e. The number of ether oxygens (including phenoxy) is 2. The van der Waals surface area contributed by atoms with E-state index in [4.69, 9.17) is 9.47 Å². The number of hydrogen-bond acceptors (Lipinski definition) is 5. The highest BCUT2D eigenvalue weighted by Gasteiger charge is 2.26. The van der Waals surface area contributed by atoms with Crippen LogP contribution >= 0.6 is 15.9 Å². The molecule has 0 radical (unpaired) electrons. The number of halogens is 1. The van der Waals surface area contributed by atoms with E-state index in [2.05, 4.69) is 21.2 Å². The summed E-state index contributed by atoms with van der Waals surface area (Å²) in [6.07, 6.45) is 0.476. The largest absolute Gasteiger partial charge is 0.496 e. The van der Waals surface area contributed by atoms with Crippen molar-refractivity contribution >= 4 is 31.9 Å². The molecule has 1 N–H and O–H groups in total. The summed E-state index contributed by atoms with van der Waals surface area (Å²) < 4.78 is 39.4. The molecule has 3 aromatic rings. The first-order valence-corrected chi connectivity index (χ1v) is 12.8. The van der Waals surface area contributed by atoms with Gasteiger partial charge in [-0.2, -0.15) is 4.31 Å². The van der Waals surface area contributed by atoms with Crippen molar-refractivity contribution in [3.05, 3.63) is 88.4 Å². The molecule has 0 saturated carbocycles. The molecule has 3 rings (SSSR count). The maximum absolute atomic E-state index is 13.4. The lowest BCUT2D eigenvalue weighted by Gasteiger charge is -2.22. The van der Waals surface area contributed by atoms with Gasteiger partial charge in [-0.25, -0.2) is 8.42 Å². The van der Waals surface area contributed by atoms with E-state index in [0.717, 1.165) is 10.0 Å². The Morgan fingerprint density at radius 2 is 1.53 bits per heavy atom. The highest BCUT2D eigenvalue weighted by molar-refractivity contribution is 9.10. The summed E-state index contributed by atoms with van der Waals surface area (Å²) in [4.78, 5) is 13.0. The highest BCUT2D eigenvalue weighted by atomic mass is 79.9. The van der Waals surface area contributed by atoms with Gasteiger partial charge in [-0.3, -0.25) is 4.79 Å². The Balaban J connectivity index is 1.78. The SMILES string of the molecule is COc1cccc(OC)c1CNC(=O)CN(CCc1ccccc1)S(=O)(=O)c1ccc(Br)cc1. The molecule has 0 heterocycles. The first kappa shape index (κ1) is 25.7. The quantitative estimate of drug-likeness (QED) is 0.392. The summed E-state index contributed by atoms with van der Waals surface area (Å²) in [5.41, 5.74) is 1.66. The van der Waals surface area contributed by atoms with Crippen LogP contribution in [0.1, 0.15) is 11.1 Å². The molecule has 0 fully saturated rings. The fourth-order valence-electron chi connectivity index (χ4n) is 3.44. The van der Waals surface area contributed by atoms with Crippen molar-refractivity contribution in [3.8, 4) is 11.5 Å². The van der Waals surface area contributed by atoms with Gasteiger partial charge in [0.25, 0.3) is 0 Å². The summed E-state index contributed by atoms with van der Waals surface area (Å²) in [5, 5.41) is 2.80. The monoisotopic (exact) mass is 546 g/mol. The lowest BCUT2D eigenvalue weighted by Crippen LogP contribution is -2.41. The van der Waals surface area contributed by atoms with Gasteiger partial charge < -0.3 is 14.8 Å². The van der Waals surface area contributed by atoms with Gasteiger partial charge in [-0.05, 0) is 48.4 Å². The Kier molecular flexibility index (Phi) is 9.09. The average molecular weight is 547 g/mol. The second-order valence-corrected chi connectivity index (χ2v) is 10.3. The summed E-state index contributed by atoms with van der Waals surface area (Å²) in [5.74, 6) is 0.716. The number of nitrogens with one attached hydrogen (secondary N) is 1. The summed E-state index contributed by atoms with van der Waals surface area (Å²) in [7, 11) is -0.814. The molecule has 34 heavy (non-hydrogen) atoms. The molecular weight excluding hydrogens is 520 g/mol. The van der Waals surface area contributed by atoms with Gasteiger partial charge in [-0.15, -0.1) is 0 Å². The van der Waals surface area contributed by atoms with E-state index in [1.54, 1.807) is 30.3 Å². The lowest BCUT2D eigenvalue weighted by atomic mass is 10.1. The van der Waals surface area contributed by atoms with Crippen LogP contribution in [0.3, 0.4) is 0 Å². The van der Waals surface area contributed by atoms with Gasteiger partial charge in [0.15, 0.2) is 0 Å². The number of carbonyl (C=O) groups is 1. The molecule has 7 nitrogen and oxygen atoms in total. The fourth-order valence-corrected chi connectivity index (χ4v) is 5.10. The normalized spacial score (nSPS) is 11.3. The van der Waals surface area contributed by atoms with E-state index in [1.165, 1.54) is 30.7 Å². The fraction of sp³-hybridized carbons (Fsp3) is 0.240. The van der Waals surface area contributed by atoms with Gasteiger partial charge in [0.1, 0.15) is 11.5 Å². The summed E-state index contributed by atoms with van der Waals surface area (Å²) in [6.45, 7) is -0.0205. The van der Waals surface area contributed by atoms with Crippen LogP contribution in [0.15, 0.2) is 82.2 Å². The first-order chi connectivity index (χ1) is 16.3. The molecule has 0 bridgehead atoms. The molecule has 0 unspecified atom stereocenters. The Hall–Kier alpha value is -2.88. The van der Waals surface area contributed by atoms with Gasteiger partial charge >= 0.3 is 0 Å². The Labute approximate surface area is 208 Å². The maximum atomic E-state index is 13.4. The molecule has 3 aromatic carbocycles. The number of benzene rings is 3. The zero-order valence-corrected chi connectivity index (χ0v) is 21.4. The third kappa shape index (κ3) is 6.59. The van der Waals surface area contributed by atoms with E-state index in [1.807, 2.05) is 30.3 Å². The van der Waals surface area contributed by atoms with Crippen molar-refractivity contribution in [2.75, 3.05) is 27.3 Å². The molecule has 9 heteroatoms. The molecule has 0 spiro atoms. The Bertz CT molecular complexity index is 1180. The number of sulfonamides is 1. The third-order valence-corrected chi connectivity index (χ3v) is 7.64. The van der Waals surface area contributed by atoms with Crippen LogP contribution in [0.25, 0.3) is 0 Å². The zero-order valence-electron chi connectivity index (χ0n) is 19.0. The van der Waals surface area contributed by atoms with E-state index >= 15 is 0 Å². The van der Waals surface area contributed by atoms with Crippen molar-refractivity contribution in [2.45, 2.75) is 17.9 Å². The van der Waals surface area contributed by atoms with E-state index in [-0.39, 0.29) is 24.5 Å². The summed E-state index contributed by atoms with van der Waals surface area (Å²) >= 11 is 3.32. The molecule has 180 valence electrons. The number of methoxy groups -OCH3 is 2. The van der Waals surface area contributed by atoms with Crippen molar-refractivity contribution in [1.82, 2.24) is 9.62 Å². The third-order valence-electron chi connectivity index (χ3n) is 5.26. The standard InChI is InChI=1S/C25H27BrN2O5S/c1-32-23-9-6-10-24(33-2)22(23)17-27-25(29)18-28(16-15-19-7-4-3-5-8-19)34(30,31)21-13-11-20(26)12-14-21/h3-14H,15-18H2,1-2H3,(H,27,29). The minimum Gasteiger partial charge on any atom is -0.496 e. The minimum atomic E-state index is -3.89. The Morgan fingerprint density at radius 3 is 2.12 bits per heavy atom. The van der Waals surface area contributed by atoms with Crippen LogP contribution in [0.4, 0.5) is 0 Å². The topological polar surface area (TPSA) is 84.9 Å². The zero-order chi connectivity index (χ0) is 24.6. The van der Waals surface area contributed by atoms with Gasteiger partial charge in [0.2, 0.25) is 15.9 Å². The molecule has 0 aliphatic rings. The van der Waals surface area contributed by atoms with Crippen molar-refractivity contribution < 1.29 is 22.7 Å². The Morgan fingerprint density at radius 1 is 0.912 bits per heavy atom. The van der Waals surface area contributed by atoms with E-state index < -0.39 is 15.9 Å². The number of carbonyl (C=O) groups excluding carboxylic acids is 1. The molecule has 0 aliphatic heterocycles. The lowest BCUT2D eigenvalue weighted by molar-refractivity contribution is -0.121.